The number of ether oxygens (including phenoxy) is 2. The average molecular weight is 307 g/mol. The molecule has 1 aromatic carbocycles. The van der Waals surface area contributed by atoms with Crippen LogP contribution in [0.4, 0.5) is 5.82 Å². The van der Waals surface area contributed by atoms with Crippen LogP contribution >= 0.6 is 12.4 Å². The second kappa shape index (κ2) is 5.88. The van der Waals surface area contributed by atoms with Crippen LogP contribution in [0.15, 0.2) is 36.7 Å². The summed E-state index contributed by atoms with van der Waals surface area (Å²) in [5.41, 5.74) is 7.58. The second-order valence-electron chi connectivity index (χ2n) is 4.20. The van der Waals surface area contributed by atoms with Crippen LogP contribution in [0.25, 0.3) is 17.0 Å². The molecule has 110 valence electrons. The van der Waals surface area contributed by atoms with Gasteiger partial charge >= 0.3 is 0 Å². The van der Waals surface area contributed by atoms with Crippen molar-refractivity contribution >= 4 is 24.0 Å². The predicted octanol–water partition coefficient (Wildman–Crippen LogP) is 2.42. The van der Waals surface area contributed by atoms with E-state index >= 15 is 0 Å². The molecular weight excluding hydrogens is 292 g/mol. The Hall–Kier alpha value is -2.47. The van der Waals surface area contributed by atoms with Gasteiger partial charge in [0.15, 0.2) is 0 Å². The summed E-state index contributed by atoms with van der Waals surface area (Å²) >= 11 is 0. The molecule has 3 rings (SSSR count). The monoisotopic (exact) mass is 306 g/mol. The van der Waals surface area contributed by atoms with Crippen LogP contribution in [0.5, 0.6) is 11.5 Å². The number of anilines is 1. The van der Waals surface area contributed by atoms with Crippen LogP contribution < -0.4 is 15.2 Å². The molecule has 21 heavy (non-hydrogen) atoms. The van der Waals surface area contributed by atoms with Crippen molar-refractivity contribution in [1.82, 2.24) is 14.4 Å². The Morgan fingerprint density at radius 3 is 2.67 bits per heavy atom. The lowest BCUT2D eigenvalue weighted by atomic mass is 10.1. The highest BCUT2D eigenvalue weighted by Crippen LogP contribution is 2.35. The van der Waals surface area contributed by atoms with Gasteiger partial charge in [0.2, 0.25) is 5.78 Å². The third-order valence-corrected chi connectivity index (χ3v) is 3.10. The molecule has 0 fully saturated rings. The molecule has 0 saturated heterocycles. The van der Waals surface area contributed by atoms with Crippen LogP contribution in [0, 0.1) is 0 Å². The van der Waals surface area contributed by atoms with Crippen molar-refractivity contribution in [2.24, 2.45) is 0 Å². The maximum atomic E-state index is 6.14. The maximum absolute atomic E-state index is 6.14. The second-order valence-corrected chi connectivity index (χ2v) is 4.20. The third kappa shape index (κ3) is 2.45. The number of nitrogen functional groups attached to an aromatic ring is 1. The first kappa shape index (κ1) is 14.9. The van der Waals surface area contributed by atoms with Gasteiger partial charge < -0.3 is 15.2 Å². The smallest absolute Gasteiger partial charge is 0.235 e. The number of nitrogens with two attached hydrogens (primary N) is 1. The third-order valence-electron chi connectivity index (χ3n) is 3.10. The van der Waals surface area contributed by atoms with E-state index in [-0.39, 0.29) is 12.4 Å². The lowest BCUT2D eigenvalue weighted by Gasteiger charge is -2.09. The van der Waals surface area contributed by atoms with Crippen LogP contribution in [-0.4, -0.2) is 28.6 Å². The lowest BCUT2D eigenvalue weighted by Crippen LogP contribution is -1.96. The fraction of sp³-hybridized carbons (Fsp3) is 0.143. The number of aromatic nitrogens is 3. The Kier molecular flexibility index (Phi) is 4.18. The number of rotatable bonds is 3. The summed E-state index contributed by atoms with van der Waals surface area (Å²) in [5, 5.41) is 0. The van der Waals surface area contributed by atoms with Crippen LogP contribution in [-0.2, 0) is 0 Å². The molecule has 0 bridgehead atoms. The van der Waals surface area contributed by atoms with Gasteiger partial charge in [-0.1, -0.05) is 0 Å². The maximum Gasteiger partial charge on any atom is 0.235 e. The van der Waals surface area contributed by atoms with Gasteiger partial charge in [0, 0.05) is 24.0 Å². The summed E-state index contributed by atoms with van der Waals surface area (Å²) in [4.78, 5) is 8.64. The first-order chi connectivity index (χ1) is 9.74. The fourth-order valence-corrected chi connectivity index (χ4v) is 2.10. The average Bonchev–Trinajstić information content (AvgIpc) is 2.84. The van der Waals surface area contributed by atoms with Gasteiger partial charge in [-0.25, -0.2) is 9.97 Å². The molecule has 0 spiro atoms. The van der Waals surface area contributed by atoms with E-state index in [9.17, 15) is 0 Å². The number of benzene rings is 1. The summed E-state index contributed by atoms with van der Waals surface area (Å²) in [5.74, 6) is 2.44. The van der Waals surface area contributed by atoms with Crippen molar-refractivity contribution in [2.75, 3.05) is 20.0 Å². The minimum absolute atomic E-state index is 0. The molecule has 2 heterocycles. The highest BCUT2D eigenvalue weighted by Gasteiger charge is 2.16. The first-order valence-corrected chi connectivity index (χ1v) is 6.05. The van der Waals surface area contributed by atoms with Crippen molar-refractivity contribution in [3.05, 3.63) is 36.7 Å². The number of nitrogens with zero attached hydrogens (tertiary/aromatic N) is 3. The predicted molar refractivity (Wildman–Crippen MR) is 83.2 cm³/mol. The minimum Gasteiger partial charge on any atom is -0.497 e. The van der Waals surface area contributed by atoms with E-state index < -0.39 is 0 Å². The van der Waals surface area contributed by atoms with E-state index in [2.05, 4.69) is 9.97 Å². The van der Waals surface area contributed by atoms with Crippen LogP contribution in [0.2, 0.25) is 0 Å². The summed E-state index contributed by atoms with van der Waals surface area (Å²) in [6, 6.07) is 7.32. The number of hydrogen-bond donors (Lipinski definition) is 1. The Morgan fingerprint density at radius 2 is 2.00 bits per heavy atom. The molecule has 0 aliphatic carbocycles. The summed E-state index contributed by atoms with van der Waals surface area (Å²) in [6.45, 7) is 0. The van der Waals surface area contributed by atoms with Gasteiger partial charge in [-0.3, -0.25) is 4.40 Å². The fourth-order valence-electron chi connectivity index (χ4n) is 2.10. The normalized spacial score (nSPS) is 10.2. The summed E-state index contributed by atoms with van der Waals surface area (Å²) in [7, 11) is 3.21. The molecule has 2 aromatic heterocycles. The van der Waals surface area contributed by atoms with E-state index in [0.717, 1.165) is 5.56 Å². The van der Waals surface area contributed by atoms with Gasteiger partial charge in [-0.15, -0.1) is 12.4 Å². The molecular formula is C14H15ClN4O2. The van der Waals surface area contributed by atoms with Crippen molar-refractivity contribution in [3.8, 4) is 22.8 Å². The van der Waals surface area contributed by atoms with Crippen molar-refractivity contribution in [2.45, 2.75) is 0 Å². The first-order valence-electron chi connectivity index (χ1n) is 6.05. The van der Waals surface area contributed by atoms with E-state index in [1.807, 2.05) is 18.3 Å². The van der Waals surface area contributed by atoms with Gasteiger partial charge in [0.25, 0.3) is 0 Å². The molecule has 7 heteroatoms. The lowest BCUT2D eigenvalue weighted by molar-refractivity contribution is 0.395. The SMILES string of the molecule is COc1ccc(-c2nc3ncccn3c2N)c(OC)c1.Cl. The number of imidazole rings is 1. The van der Waals surface area contributed by atoms with Crippen molar-refractivity contribution in [3.63, 3.8) is 0 Å². The Morgan fingerprint density at radius 1 is 1.19 bits per heavy atom. The van der Waals surface area contributed by atoms with Gasteiger partial charge in [0.1, 0.15) is 23.0 Å². The number of halogens is 1. The Labute approximate surface area is 127 Å². The molecule has 0 saturated carbocycles. The summed E-state index contributed by atoms with van der Waals surface area (Å²) in [6.07, 6.45) is 3.50. The summed E-state index contributed by atoms with van der Waals surface area (Å²) < 4.78 is 12.3. The molecule has 3 aromatic rings. The standard InChI is InChI=1S/C14H14N4O2.ClH/c1-19-9-4-5-10(11(8-9)20-2)12-13(15)18-7-3-6-16-14(18)17-12;/h3-8H,15H2,1-2H3;1H. The molecule has 0 atom stereocenters. The van der Waals surface area contributed by atoms with E-state index in [0.29, 0.717) is 28.8 Å². The van der Waals surface area contributed by atoms with Crippen molar-refractivity contribution in [1.29, 1.82) is 0 Å². The molecule has 2 N–H and O–H groups in total. The van der Waals surface area contributed by atoms with Crippen molar-refractivity contribution < 1.29 is 9.47 Å². The zero-order valence-electron chi connectivity index (χ0n) is 11.6. The largest absolute Gasteiger partial charge is 0.497 e. The molecule has 0 amide bonds. The van der Waals surface area contributed by atoms with Gasteiger partial charge in [-0.2, -0.15) is 0 Å². The minimum atomic E-state index is 0. The van der Waals surface area contributed by atoms with Gasteiger partial charge in [0.05, 0.1) is 14.2 Å². The number of methoxy groups -OCH3 is 2. The topological polar surface area (TPSA) is 74.7 Å². The number of fused-ring (bicyclic) bond motifs is 1. The van der Waals surface area contributed by atoms with Crippen LogP contribution in [0.1, 0.15) is 0 Å². The zero-order valence-corrected chi connectivity index (χ0v) is 12.4. The molecule has 0 aliphatic heterocycles. The van der Waals surface area contributed by atoms with E-state index in [4.69, 9.17) is 15.2 Å². The van der Waals surface area contributed by atoms with Gasteiger partial charge in [-0.05, 0) is 18.2 Å². The molecule has 0 unspecified atom stereocenters. The Bertz CT molecular complexity index is 773. The van der Waals surface area contributed by atoms with E-state index in [1.54, 1.807) is 36.9 Å². The highest BCUT2D eigenvalue weighted by atomic mass is 35.5. The molecule has 0 radical (unpaired) electrons. The van der Waals surface area contributed by atoms with E-state index in [1.165, 1.54) is 0 Å². The molecule has 0 aliphatic rings. The molecule has 6 nitrogen and oxygen atoms in total. The Balaban J connectivity index is 0.00000161. The quantitative estimate of drug-likeness (QED) is 0.804. The number of hydrogen-bond acceptors (Lipinski definition) is 5. The highest BCUT2D eigenvalue weighted by molar-refractivity contribution is 5.85. The van der Waals surface area contributed by atoms with Crippen LogP contribution in [0.3, 0.4) is 0 Å². The zero-order chi connectivity index (χ0) is 14.1.